The summed E-state index contributed by atoms with van der Waals surface area (Å²) in [5, 5.41) is 8.13. The molecule has 0 bridgehead atoms. The Hall–Kier alpha value is -3.09. The summed E-state index contributed by atoms with van der Waals surface area (Å²) in [5.41, 5.74) is 3.51. The molecule has 0 saturated carbocycles. The van der Waals surface area contributed by atoms with E-state index in [0.717, 1.165) is 16.8 Å². The molecule has 0 atom stereocenters. The number of fused-ring (bicyclic) bond motifs is 1. The number of rotatable bonds is 5. The van der Waals surface area contributed by atoms with Crippen molar-refractivity contribution in [3.63, 3.8) is 0 Å². The van der Waals surface area contributed by atoms with E-state index in [2.05, 4.69) is 15.4 Å². The smallest absolute Gasteiger partial charge is 0.256 e. The van der Waals surface area contributed by atoms with Gasteiger partial charge in [-0.2, -0.15) is 5.10 Å². The number of nitrogens with zero attached hydrogens (tertiary/aromatic N) is 3. The third-order valence-electron chi connectivity index (χ3n) is 4.47. The van der Waals surface area contributed by atoms with Crippen LogP contribution in [-0.4, -0.2) is 34.9 Å². The zero-order chi connectivity index (χ0) is 19.7. The standard InChI is InChI=1S/C20H24N4O3/c1-11(2)15-10-14(18-12(3)23-24(4)19(18)22-15)20(25)21-13-7-8-16(26-5)17(9-13)27-6/h7-11H,1-6H3,(H,21,25). The lowest BCUT2D eigenvalue weighted by Crippen LogP contribution is -2.14. The summed E-state index contributed by atoms with van der Waals surface area (Å²) in [4.78, 5) is 17.7. The number of ether oxygens (including phenoxy) is 2. The number of carbonyl (C=O) groups is 1. The Labute approximate surface area is 158 Å². The van der Waals surface area contributed by atoms with Crippen LogP contribution in [-0.2, 0) is 7.05 Å². The maximum atomic E-state index is 13.1. The number of hydrogen-bond acceptors (Lipinski definition) is 5. The molecule has 7 heteroatoms. The Balaban J connectivity index is 2.05. The van der Waals surface area contributed by atoms with E-state index in [1.807, 2.05) is 33.9 Å². The summed E-state index contributed by atoms with van der Waals surface area (Å²) in [6.07, 6.45) is 0. The van der Waals surface area contributed by atoms with Gasteiger partial charge in [0.25, 0.3) is 5.91 Å². The number of amides is 1. The molecular weight excluding hydrogens is 344 g/mol. The fraction of sp³-hybridized carbons (Fsp3) is 0.350. The molecule has 3 aromatic rings. The average Bonchev–Trinajstić information content (AvgIpc) is 2.94. The van der Waals surface area contributed by atoms with Crippen LogP contribution in [0.25, 0.3) is 11.0 Å². The largest absolute Gasteiger partial charge is 0.493 e. The third-order valence-corrected chi connectivity index (χ3v) is 4.47. The summed E-state index contributed by atoms with van der Waals surface area (Å²) >= 11 is 0. The molecule has 1 aromatic carbocycles. The predicted molar refractivity (Wildman–Crippen MR) is 105 cm³/mol. The van der Waals surface area contributed by atoms with E-state index in [9.17, 15) is 4.79 Å². The minimum absolute atomic E-state index is 0.192. The third kappa shape index (κ3) is 3.45. The molecule has 27 heavy (non-hydrogen) atoms. The van der Waals surface area contributed by atoms with Gasteiger partial charge in [-0.05, 0) is 31.0 Å². The van der Waals surface area contributed by atoms with Crippen molar-refractivity contribution in [2.45, 2.75) is 26.7 Å². The van der Waals surface area contributed by atoms with E-state index < -0.39 is 0 Å². The van der Waals surface area contributed by atoms with Gasteiger partial charge >= 0.3 is 0 Å². The quantitative estimate of drug-likeness (QED) is 0.743. The van der Waals surface area contributed by atoms with Gasteiger partial charge in [0.1, 0.15) is 0 Å². The zero-order valence-corrected chi connectivity index (χ0v) is 16.5. The summed E-state index contributed by atoms with van der Waals surface area (Å²) < 4.78 is 12.3. The number of methoxy groups -OCH3 is 2. The molecule has 0 aliphatic carbocycles. The van der Waals surface area contributed by atoms with Crippen molar-refractivity contribution in [1.29, 1.82) is 0 Å². The molecule has 7 nitrogen and oxygen atoms in total. The van der Waals surface area contributed by atoms with Crippen molar-refractivity contribution < 1.29 is 14.3 Å². The van der Waals surface area contributed by atoms with Gasteiger partial charge in [-0.15, -0.1) is 0 Å². The van der Waals surface area contributed by atoms with E-state index in [4.69, 9.17) is 9.47 Å². The number of benzene rings is 1. The van der Waals surface area contributed by atoms with Crippen molar-refractivity contribution in [3.05, 3.63) is 41.2 Å². The lowest BCUT2D eigenvalue weighted by atomic mass is 10.0. The van der Waals surface area contributed by atoms with Crippen LogP contribution in [0.3, 0.4) is 0 Å². The van der Waals surface area contributed by atoms with E-state index in [1.54, 1.807) is 37.1 Å². The number of hydrogen-bond donors (Lipinski definition) is 1. The number of pyridine rings is 1. The first-order chi connectivity index (χ1) is 12.8. The molecule has 3 rings (SSSR count). The van der Waals surface area contributed by atoms with Crippen LogP contribution >= 0.6 is 0 Å². The van der Waals surface area contributed by atoms with Crippen molar-refractivity contribution in [2.24, 2.45) is 7.05 Å². The van der Waals surface area contributed by atoms with Gasteiger partial charge in [0, 0.05) is 24.5 Å². The normalized spacial score (nSPS) is 11.1. The Morgan fingerprint density at radius 2 is 1.85 bits per heavy atom. The van der Waals surface area contributed by atoms with Crippen LogP contribution in [0.1, 0.15) is 41.5 Å². The molecule has 0 aliphatic heterocycles. The zero-order valence-electron chi connectivity index (χ0n) is 16.5. The molecule has 2 heterocycles. The average molecular weight is 368 g/mol. The SMILES string of the molecule is COc1ccc(NC(=O)c2cc(C(C)C)nc3c2c(C)nn3C)cc1OC. The van der Waals surface area contributed by atoms with Crippen molar-refractivity contribution in [1.82, 2.24) is 14.8 Å². The Bertz CT molecular complexity index is 1010. The summed E-state index contributed by atoms with van der Waals surface area (Å²) in [7, 11) is 4.97. The molecule has 0 fully saturated rings. The van der Waals surface area contributed by atoms with Crippen LogP contribution in [0.2, 0.25) is 0 Å². The molecule has 0 saturated heterocycles. The first-order valence-electron chi connectivity index (χ1n) is 8.73. The highest BCUT2D eigenvalue weighted by Gasteiger charge is 2.20. The van der Waals surface area contributed by atoms with Gasteiger partial charge < -0.3 is 14.8 Å². The molecular formula is C20H24N4O3. The van der Waals surface area contributed by atoms with E-state index >= 15 is 0 Å². The molecule has 1 amide bonds. The molecule has 142 valence electrons. The summed E-state index contributed by atoms with van der Waals surface area (Å²) in [5.74, 6) is 1.13. The fourth-order valence-corrected chi connectivity index (χ4v) is 3.05. The van der Waals surface area contributed by atoms with Gasteiger partial charge in [0.2, 0.25) is 0 Å². The maximum absolute atomic E-state index is 13.1. The van der Waals surface area contributed by atoms with Gasteiger partial charge in [-0.1, -0.05) is 13.8 Å². The van der Waals surface area contributed by atoms with Crippen molar-refractivity contribution >= 4 is 22.6 Å². The van der Waals surface area contributed by atoms with E-state index in [1.165, 1.54) is 0 Å². The van der Waals surface area contributed by atoms with E-state index in [0.29, 0.717) is 28.4 Å². The highest BCUT2D eigenvalue weighted by atomic mass is 16.5. The monoisotopic (exact) mass is 368 g/mol. The van der Waals surface area contributed by atoms with Crippen LogP contribution in [0.5, 0.6) is 11.5 Å². The predicted octanol–water partition coefficient (Wildman–Crippen LogP) is 3.67. The second-order valence-electron chi connectivity index (χ2n) is 6.68. The number of carbonyl (C=O) groups excluding carboxylic acids is 1. The lowest BCUT2D eigenvalue weighted by Gasteiger charge is -2.12. The van der Waals surface area contributed by atoms with Crippen molar-refractivity contribution in [3.8, 4) is 11.5 Å². The minimum Gasteiger partial charge on any atom is -0.493 e. The topological polar surface area (TPSA) is 78.3 Å². The highest BCUT2D eigenvalue weighted by Crippen LogP contribution is 2.31. The molecule has 0 aliphatic rings. The van der Waals surface area contributed by atoms with Crippen LogP contribution < -0.4 is 14.8 Å². The number of aryl methyl sites for hydroxylation is 2. The molecule has 0 unspecified atom stereocenters. The molecule has 0 spiro atoms. The lowest BCUT2D eigenvalue weighted by molar-refractivity contribution is 0.102. The minimum atomic E-state index is -0.215. The first-order valence-corrected chi connectivity index (χ1v) is 8.73. The van der Waals surface area contributed by atoms with Gasteiger partial charge in [-0.25, -0.2) is 4.98 Å². The number of aromatic nitrogens is 3. The fourth-order valence-electron chi connectivity index (χ4n) is 3.05. The summed E-state index contributed by atoms with van der Waals surface area (Å²) in [6, 6.07) is 7.11. The number of nitrogens with one attached hydrogen (secondary N) is 1. The molecule has 0 radical (unpaired) electrons. The van der Waals surface area contributed by atoms with Crippen LogP contribution in [0, 0.1) is 6.92 Å². The maximum Gasteiger partial charge on any atom is 0.256 e. The molecule has 1 N–H and O–H groups in total. The molecule has 2 aromatic heterocycles. The second-order valence-corrected chi connectivity index (χ2v) is 6.68. The Morgan fingerprint density at radius 3 is 2.48 bits per heavy atom. The Morgan fingerprint density at radius 1 is 1.15 bits per heavy atom. The van der Waals surface area contributed by atoms with Crippen LogP contribution in [0.15, 0.2) is 24.3 Å². The van der Waals surface area contributed by atoms with Gasteiger partial charge in [0.15, 0.2) is 17.1 Å². The van der Waals surface area contributed by atoms with Gasteiger partial charge in [-0.3, -0.25) is 9.48 Å². The Kier molecular flexibility index (Phi) is 5.03. The summed E-state index contributed by atoms with van der Waals surface area (Å²) in [6.45, 7) is 5.98. The van der Waals surface area contributed by atoms with E-state index in [-0.39, 0.29) is 11.8 Å². The second kappa shape index (κ2) is 7.26. The van der Waals surface area contributed by atoms with Crippen molar-refractivity contribution in [2.75, 3.05) is 19.5 Å². The highest BCUT2D eigenvalue weighted by molar-refractivity contribution is 6.12. The first kappa shape index (κ1) is 18.7. The van der Waals surface area contributed by atoms with Crippen LogP contribution in [0.4, 0.5) is 5.69 Å². The van der Waals surface area contributed by atoms with Gasteiger partial charge in [0.05, 0.1) is 30.9 Å². The number of anilines is 1.